The molecule has 0 N–H and O–H groups in total. The molecule has 9 heteroatoms. The van der Waals surface area contributed by atoms with Gasteiger partial charge < -0.3 is 0 Å². The van der Waals surface area contributed by atoms with Crippen LogP contribution in [0.25, 0.3) is 22.1 Å². The second-order valence-electron chi connectivity index (χ2n) is 7.20. The molecule has 0 bridgehead atoms. The summed E-state index contributed by atoms with van der Waals surface area (Å²) in [5.41, 5.74) is 3.33. The topological polar surface area (TPSA) is 79.9 Å². The second kappa shape index (κ2) is 8.98. The third kappa shape index (κ3) is 4.31. The number of fused-ring (bicyclic) bond motifs is 2. The van der Waals surface area contributed by atoms with E-state index in [2.05, 4.69) is 34.5 Å². The molecule has 0 radical (unpaired) electrons. The fourth-order valence-electron chi connectivity index (χ4n) is 3.36. The Hall–Kier alpha value is -2.36. The molecule has 0 aliphatic carbocycles. The normalized spacial score (nSPS) is 11.9. The van der Waals surface area contributed by atoms with Crippen LogP contribution in [-0.2, 0) is 0 Å². The molecular formula is C20H26N6O2Sn. The van der Waals surface area contributed by atoms with Crippen molar-refractivity contribution >= 4 is 41.3 Å². The fraction of sp³-hybridized carbons (Fsp3) is 0.400. The Morgan fingerprint density at radius 2 is 1.17 bits per heavy atom. The third-order valence-corrected chi connectivity index (χ3v) is 14.2. The Morgan fingerprint density at radius 1 is 0.724 bits per heavy atom. The Labute approximate surface area is 174 Å². The molecule has 0 spiro atoms. The van der Waals surface area contributed by atoms with Crippen LogP contribution >= 0.6 is 0 Å². The van der Waals surface area contributed by atoms with Crippen LogP contribution in [0.5, 0.6) is 0 Å². The van der Waals surface area contributed by atoms with Gasteiger partial charge in [0.15, 0.2) is 0 Å². The first-order valence-electron chi connectivity index (χ1n) is 10.2. The van der Waals surface area contributed by atoms with Crippen LogP contribution in [-0.4, -0.2) is 49.5 Å². The summed E-state index contributed by atoms with van der Waals surface area (Å²) >= 11 is -3.70. The van der Waals surface area contributed by atoms with Crippen LogP contribution in [0.4, 0.5) is 0 Å². The Kier molecular flexibility index (Phi) is 6.17. The van der Waals surface area contributed by atoms with E-state index in [1.54, 1.807) is 9.69 Å². The summed E-state index contributed by atoms with van der Waals surface area (Å²) in [5.74, 6) is 0. The summed E-state index contributed by atoms with van der Waals surface area (Å²) in [5, 5.41) is 17.0. The van der Waals surface area contributed by atoms with Crippen molar-refractivity contribution in [2.24, 2.45) is 0 Å². The summed E-state index contributed by atoms with van der Waals surface area (Å²) in [7, 11) is 0. The van der Waals surface area contributed by atoms with Gasteiger partial charge >= 0.3 is 175 Å². The summed E-state index contributed by atoms with van der Waals surface area (Å²) in [6.45, 7) is 4.37. The van der Waals surface area contributed by atoms with Crippen molar-refractivity contribution in [3.63, 3.8) is 0 Å². The average molecular weight is 501 g/mol. The van der Waals surface area contributed by atoms with E-state index in [1.807, 2.05) is 48.5 Å². The predicted octanol–water partition coefficient (Wildman–Crippen LogP) is 3.78. The molecule has 0 aliphatic heterocycles. The number of unbranched alkanes of at least 4 members (excludes halogenated alkanes) is 2. The van der Waals surface area contributed by atoms with E-state index in [4.69, 9.17) is 6.35 Å². The summed E-state index contributed by atoms with van der Waals surface area (Å²) in [6.07, 6.45) is 4.24. The van der Waals surface area contributed by atoms with Gasteiger partial charge in [0.2, 0.25) is 0 Å². The number of rotatable bonds is 10. The second-order valence-corrected chi connectivity index (χ2v) is 16.3. The van der Waals surface area contributed by atoms with Crippen molar-refractivity contribution < 1.29 is 6.35 Å². The van der Waals surface area contributed by atoms with Crippen LogP contribution in [0.15, 0.2) is 48.5 Å². The molecule has 0 amide bonds. The molecule has 0 saturated heterocycles. The standard InChI is InChI=1S/2C6H4N3O.2C4H9.Sn/c2*10-9-6-4-2-1-3-5(6)7-8-9;2*1-3-4-2;/h2*1-4H;2*1,3-4H2,2H3;/q2*-1;;;+2. The van der Waals surface area contributed by atoms with Gasteiger partial charge in [-0.15, -0.1) is 0 Å². The van der Waals surface area contributed by atoms with E-state index in [9.17, 15) is 0 Å². The van der Waals surface area contributed by atoms with Crippen molar-refractivity contribution in [1.82, 2.24) is 30.3 Å². The molecule has 8 nitrogen and oxygen atoms in total. The zero-order chi connectivity index (χ0) is 20.1. The van der Waals surface area contributed by atoms with E-state index < -0.39 is 19.2 Å². The molecule has 4 rings (SSSR count). The molecule has 29 heavy (non-hydrogen) atoms. The molecule has 152 valence electrons. The van der Waals surface area contributed by atoms with Gasteiger partial charge in [0.1, 0.15) is 0 Å². The van der Waals surface area contributed by atoms with Gasteiger partial charge in [-0.05, 0) is 0 Å². The summed E-state index contributed by atoms with van der Waals surface area (Å²) in [6, 6.07) is 15.6. The van der Waals surface area contributed by atoms with Crippen molar-refractivity contribution in [1.29, 1.82) is 0 Å². The molecule has 2 aromatic carbocycles. The molecule has 0 fully saturated rings. The summed E-state index contributed by atoms with van der Waals surface area (Å²) in [4.78, 5) is 3.13. The quantitative estimate of drug-likeness (QED) is 0.308. The van der Waals surface area contributed by atoms with E-state index in [0.717, 1.165) is 56.6 Å². The molecule has 2 aromatic heterocycles. The van der Waals surface area contributed by atoms with Gasteiger partial charge in [-0.3, -0.25) is 0 Å². The summed E-state index contributed by atoms with van der Waals surface area (Å²) < 4.78 is 15.1. The molecule has 4 aromatic rings. The van der Waals surface area contributed by atoms with Gasteiger partial charge in [0.25, 0.3) is 0 Å². The fourth-order valence-corrected chi connectivity index (χ4v) is 12.9. The monoisotopic (exact) mass is 502 g/mol. The van der Waals surface area contributed by atoms with Gasteiger partial charge in [-0.25, -0.2) is 0 Å². The first kappa shape index (κ1) is 19.9. The van der Waals surface area contributed by atoms with Crippen molar-refractivity contribution in [2.45, 2.75) is 48.4 Å². The van der Waals surface area contributed by atoms with E-state index in [0.29, 0.717) is 0 Å². The van der Waals surface area contributed by atoms with Gasteiger partial charge in [0, 0.05) is 0 Å². The van der Waals surface area contributed by atoms with Gasteiger partial charge in [0.05, 0.1) is 0 Å². The van der Waals surface area contributed by atoms with Crippen LogP contribution in [0.3, 0.4) is 0 Å². The molecule has 0 atom stereocenters. The minimum absolute atomic E-state index is 0.810. The van der Waals surface area contributed by atoms with Crippen LogP contribution < -0.4 is 6.35 Å². The Balaban J connectivity index is 1.72. The minimum atomic E-state index is -3.70. The predicted molar refractivity (Wildman–Crippen MR) is 113 cm³/mol. The van der Waals surface area contributed by atoms with Crippen LogP contribution in [0.1, 0.15) is 39.5 Å². The number of benzene rings is 2. The van der Waals surface area contributed by atoms with E-state index >= 15 is 0 Å². The maximum absolute atomic E-state index is 6.62. The first-order valence-corrected chi connectivity index (χ1v) is 16.6. The third-order valence-electron chi connectivity index (χ3n) is 4.97. The number of aromatic nitrogens is 6. The zero-order valence-corrected chi connectivity index (χ0v) is 19.7. The molecule has 2 heterocycles. The molecule has 0 aliphatic rings. The van der Waals surface area contributed by atoms with Crippen LogP contribution in [0, 0.1) is 0 Å². The Bertz CT molecular complexity index is 993. The van der Waals surface area contributed by atoms with Crippen molar-refractivity contribution in [3.05, 3.63) is 48.5 Å². The SMILES string of the molecule is CCC[CH2][Sn]([CH2]CCC)([O]n1nnc2ccccc21)[O]n1nnc2ccccc21. The zero-order valence-electron chi connectivity index (χ0n) is 16.9. The van der Waals surface area contributed by atoms with Gasteiger partial charge in [-0.2, -0.15) is 0 Å². The van der Waals surface area contributed by atoms with Crippen LogP contribution in [0.2, 0.25) is 8.87 Å². The number of hydrogen-bond donors (Lipinski definition) is 0. The maximum atomic E-state index is 6.62. The van der Waals surface area contributed by atoms with Gasteiger partial charge in [-0.1, -0.05) is 0 Å². The first-order chi connectivity index (χ1) is 14.2. The number of hydrogen-bond acceptors (Lipinski definition) is 6. The number of para-hydroxylation sites is 2. The molecular weight excluding hydrogens is 475 g/mol. The van der Waals surface area contributed by atoms with Crippen molar-refractivity contribution in [2.75, 3.05) is 0 Å². The molecule has 0 saturated carbocycles. The van der Waals surface area contributed by atoms with E-state index in [1.165, 1.54) is 0 Å². The average Bonchev–Trinajstić information content (AvgIpc) is 3.35. The Morgan fingerprint density at radius 3 is 1.62 bits per heavy atom. The van der Waals surface area contributed by atoms with E-state index in [-0.39, 0.29) is 0 Å². The van der Waals surface area contributed by atoms with Crippen molar-refractivity contribution in [3.8, 4) is 0 Å². The number of nitrogens with zero attached hydrogens (tertiary/aromatic N) is 6. The molecule has 0 unspecified atom stereocenters.